The number of carbonyl (C=O) groups is 1. The Balaban J connectivity index is 1.62. The topological polar surface area (TPSA) is 79.2 Å². The molecule has 2 aliphatic heterocycles. The first kappa shape index (κ1) is 24.8. The van der Waals surface area contributed by atoms with E-state index >= 15 is 0 Å². The monoisotopic (exact) mass is 501 g/mol. The summed E-state index contributed by atoms with van der Waals surface area (Å²) in [6.07, 6.45) is 4.26. The van der Waals surface area contributed by atoms with Gasteiger partial charge in [0.1, 0.15) is 15.8 Å². The molecule has 0 spiro atoms. The maximum Gasteiger partial charge on any atom is 0.267 e. The average Bonchev–Trinajstić information content (AvgIpc) is 3.07. The number of aryl methyl sites for hydroxylation is 1. The van der Waals surface area contributed by atoms with Crippen LogP contribution in [0.2, 0.25) is 0 Å². The van der Waals surface area contributed by atoms with Crippen LogP contribution >= 0.6 is 24.0 Å². The lowest BCUT2D eigenvalue weighted by Gasteiger charge is -2.26. The van der Waals surface area contributed by atoms with Crippen LogP contribution in [0.4, 0.5) is 5.82 Å². The minimum atomic E-state index is -0.210. The molecule has 1 amide bonds. The van der Waals surface area contributed by atoms with Crippen molar-refractivity contribution in [1.29, 1.82) is 0 Å². The van der Waals surface area contributed by atoms with Crippen LogP contribution in [0.3, 0.4) is 0 Å². The molecular weight excluding hydrogens is 470 g/mol. The van der Waals surface area contributed by atoms with E-state index in [-0.39, 0.29) is 11.5 Å². The Bertz CT molecular complexity index is 1170. The van der Waals surface area contributed by atoms with Gasteiger partial charge >= 0.3 is 0 Å². The number of morpholine rings is 1. The molecule has 0 aliphatic carbocycles. The second-order valence-corrected chi connectivity index (χ2v) is 10.7. The number of amides is 1. The van der Waals surface area contributed by atoms with E-state index in [1.807, 2.05) is 32.9 Å². The van der Waals surface area contributed by atoms with Gasteiger partial charge in [-0.05, 0) is 43.5 Å². The SMILES string of the molecule is Cc1cccn2c(=O)c(C=C3SC(=S)N(CC(C)C)C3=O)c(NCCCN3CCOCC3)nc12. The maximum absolute atomic E-state index is 13.5. The third-order valence-electron chi connectivity index (χ3n) is 5.83. The van der Waals surface area contributed by atoms with E-state index in [1.165, 1.54) is 16.2 Å². The summed E-state index contributed by atoms with van der Waals surface area (Å²) in [4.78, 5) is 35.7. The molecular formula is C24H31N5O3S2. The average molecular weight is 502 g/mol. The summed E-state index contributed by atoms with van der Waals surface area (Å²) in [5.74, 6) is 0.632. The van der Waals surface area contributed by atoms with Gasteiger partial charge in [0.25, 0.3) is 11.5 Å². The number of pyridine rings is 1. The predicted octanol–water partition coefficient (Wildman–Crippen LogP) is 2.99. The van der Waals surface area contributed by atoms with Crippen molar-refractivity contribution >= 4 is 51.7 Å². The number of hydrogen-bond acceptors (Lipinski definition) is 8. The van der Waals surface area contributed by atoms with Gasteiger partial charge in [0, 0.05) is 32.4 Å². The molecule has 2 aromatic heterocycles. The third kappa shape index (κ3) is 5.51. The zero-order chi connectivity index (χ0) is 24.2. The smallest absolute Gasteiger partial charge is 0.267 e. The summed E-state index contributed by atoms with van der Waals surface area (Å²) < 4.78 is 7.47. The molecule has 182 valence electrons. The molecule has 34 heavy (non-hydrogen) atoms. The maximum atomic E-state index is 13.5. The Morgan fingerprint density at radius 3 is 2.79 bits per heavy atom. The number of thiocarbonyl (C=S) groups is 1. The first-order valence-corrected chi connectivity index (χ1v) is 12.9. The van der Waals surface area contributed by atoms with Crippen molar-refractivity contribution in [3.63, 3.8) is 0 Å². The van der Waals surface area contributed by atoms with Gasteiger partial charge in [-0.25, -0.2) is 4.98 Å². The first-order chi connectivity index (χ1) is 16.3. The molecule has 0 aromatic carbocycles. The van der Waals surface area contributed by atoms with Crippen LogP contribution in [0, 0.1) is 12.8 Å². The molecule has 2 saturated heterocycles. The second-order valence-electron chi connectivity index (χ2n) is 8.98. The number of hydrogen-bond donors (Lipinski definition) is 1. The largest absolute Gasteiger partial charge is 0.379 e. The van der Waals surface area contributed by atoms with Gasteiger partial charge < -0.3 is 10.1 Å². The van der Waals surface area contributed by atoms with Crippen LogP contribution in [0.1, 0.15) is 31.4 Å². The highest BCUT2D eigenvalue weighted by atomic mass is 32.2. The summed E-state index contributed by atoms with van der Waals surface area (Å²) in [5.41, 5.74) is 1.68. The van der Waals surface area contributed by atoms with Gasteiger partial charge in [-0.2, -0.15) is 0 Å². The van der Waals surface area contributed by atoms with Gasteiger partial charge in [0.05, 0.1) is 23.7 Å². The van der Waals surface area contributed by atoms with E-state index in [4.69, 9.17) is 21.9 Å². The number of nitrogens with one attached hydrogen (secondary N) is 1. The van der Waals surface area contributed by atoms with Crippen LogP contribution in [-0.4, -0.2) is 75.3 Å². The number of thioether (sulfide) groups is 1. The molecule has 0 radical (unpaired) electrons. The Hall–Kier alpha value is -2.27. The van der Waals surface area contributed by atoms with Crippen molar-refractivity contribution < 1.29 is 9.53 Å². The van der Waals surface area contributed by atoms with E-state index < -0.39 is 0 Å². The van der Waals surface area contributed by atoms with Crippen molar-refractivity contribution in [2.75, 3.05) is 51.3 Å². The van der Waals surface area contributed by atoms with Crippen LogP contribution < -0.4 is 10.9 Å². The van der Waals surface area contributed by atoms with Gasteiger partial charge in [0.15, 0.2) is 0 Å². The fourth-order valence-corrected chi connectivity index (χ4v) is 5.32. The molecule has 1 N–H and O–H groups in total. The zero-order valence-corrected chi connectivity index (χ0v) is 21.5. The number of fused-ring (bicyclic) bond motifs is 1. The molecule has 4 heterocycles. The molecule has 2 aliphatic rings. The molecule has 0 bridgehead atoms. The molecule has 0 atom stereocenters. The molecule has 8 nitrogen and oxygen atoms in total. The summed E-state index contributed by atoms with van der Waals surface area (Å²) >= 11 is 6.67. The Labute approximate surface area is 209 Å². The highest BCUT2D eigenvalue weighted by molar-refractivity contribution is 8.26. The van der Waals surface area contributed by atoms with Crippen molar-refractivity contribution in [2.45, 2.75) is 27.2 Å². The predicted molar refractivity (Wildman–Crippen MR) is 141 cm³/mol. The molecule has 2 fully saturated rings. The summed E-state index contributed by atoms with van der Waals surface area (Å²) in [7, 11) is 0. The minimum absolute atomic E-state index is 0.157. The van der Waals surface area contributed by atoms with E-state index in [0.29, 0.717) is 45.3 Å². The van der Waals surface area contributed by atoms with E-state index in [1.54, 1.807) is 17.2 Å². The van der Waals surface area contributed by atoms with Crippen LogP contribution in [-0.2, 0) is 9.53 Å². The van der Waals surface area contributed by atoms with Crippen LogP contribution in [0.5, 0.6) is 0 Å². The van der Waals surface area contributed by atoms with Crippen LogP contribution in [0.15, 0.2) is 28.0 Å². The van der Waals surface area contributed by atoms with Gasteiger partial charge in [-0.1, -0.05) is 43.9 Å². The number of nitrogens with zero attached hydrogens (tertiary/aromatic N) is 4. The number of carbonyl (C=O) groups excluding carboxylic acids is 1. The number of ether oxygens (including phenoxy) is 1. The molecule has 2 aromatic rings. The number of anilines is 1. The summed E-state index contributed by atoms with van der Waals surface area (Å²) in [5, 5.41) is 3.36. The van der Waals surface area contributed by atoms with Crippen molar-refractivity contribution in [3.8, 4) is 0 Å². The standard InChI is InChI=1S/C24H31N5O3S2/c1-16(2)15-29-23(31)19(34-24(29)33)14-18-20(25-7-5-8-27-10-12-32-13-11-27)26-21-17(3)6-4-9-28(21)22(18)30/h4,6,9,14,16,25H,5,7-8,10-13,15H2,1-3H3. The van der Waals surface area contributed by atoms with Gasteiger partial charge in [0.2, 0.25) is 0 Å². The van der Waals surface area contributed by atoms with Crippen molar-refractivity contribution in [2.24, 2.45) is 5.92 Å². The second kappa shape index (κ2) is 11.0. The summed E-state index contributed by atoms with van der Waals surface area (Å²) in [6.45, 7) is 11.6. The van der Waals surface area contributed by atoms with E-state index in [2.05, 4.69) is 10.2 Å². The fraction of sp³-hybridized carbons (Fsp3) is 0.500. The lowest BCUT2D eigenvalue weighted by molar-refractivity contribution is -0.122. The fourth-order valence-electron chi connectivity index (χ4n) is 4.06. The molecule has 0 unspecified atom stereocenters. The normalized spacial score (nSPS) is 18.6. The van der Waals surface area contributed by atoms with E-state index in [0.717, 1.165) is 44.8 Å². The van der Waals surface area contributed by atoms with E-state index in [9.17, 15) is 9.59 Å². The highest BCUT2D eigenvalue weighted by Gasteiger charge is 2.33. The first-order valence-electron chi connectivity index (χ1n) is 11.7. The molecule has 0 saturated carbocycles. The van der Waals surface area contributed by atoms with Gasteiger partial charge in [-0.3, -0.25) is 23.8 Å². The Morgan fingerprint density at radius 2 is 2.06 bits per heavy atom. The number of rotatable bonds is 8. The third-order valence-corrected chi connectivity index (χ3v) is 7.21. The molecule has 4 rings (SSSR count). The van der Waals surface area contributed by atoms with Gasteiger partial charge in [-0.15, -0.1) is 0 Å². The molecule has 10 heteroatoms. The quantitative estimate of drug-likeness (QED) is 0.336. The lowest BCUT2D eigenvalue weighted by atomic mass is 10.2. The van der Waals surface area contributed by atoms with Crippen molar-refractivity contribution in [1.82, 2.24) is 19.2 Å². The summed E-state index contributed by atoms with van der Waals surface area (Å²) in [6, 6.07) is 3.76. The van der Waals surface area contributed by atoms with Crippen molar-refractivity contribution in [3.05, 3.63) is 44.7 Å². The Kier molecular flexibility index (Phi) is 8.02. The minimum Gasteiger partial charge on any atom is -0.379 e. The lowest BCUT2D eigenvalue weighted by Crippen LogP contribution is -2.37. The Morgan fingerprint density at radius 1 is 1.29 bits per heavy atom. The van der Waals surface area contributed by atoms with Crippen LogP contribution in [0.25, 0.3) is 11.7 Å². The highest BCUT2D eigenvalue weighted by Crippen LogP contribution is 2.33. The number of aromatic nitrogens is 2. The zero-order valence-electron chi connectivity index (χ0n) is 19.9.